The first-order valence-electron chi connectivity index (χ1n) is 7.11. The number of hydrogen-bond acceptors (Lipinski definition) is 0. The van der Waals surface area contributed by atoms with Crippen LogP contribution in [0, 0.1) is 0 Å². The summed E-state index contributed by atoms with van der Waals surface area (Å²) in [6.45, 7) is 9.07. The molecule has 0 saturated carbocycles. The largest absolute Gasteiger partial charge is 0.131 e. The van der Waals surface area contributed by atoms with Gasteiger partial charge in [0.2, 0.25) is 0 Å². The van der Waals surface area contributed by atoms with Crippen LogP contribution in [0.15, 0.2) is 52.3 Å². The van der Waals surface area contributed by atoms with Crippen molar-refractivity contribution in [2.75, 3.05) is 0 Å². The SMILES string of the molecule is CCC(C)(CC)c1ccc(S2=CC=C(C)C=C2)cc1. The van der Waals surface area contributed by atoms with Gasteiger partial charge in [-0.2, -0.15) is 0 Å². The van der Waals surface area contributed by atoms with Gasteiger partial charge in [0, 0.05) is 4.90 Å². The molecule has 1 atom stereocenters. The van der Waals surface area contributed by atoms with E-state index in [0.29, 0.717) is 5.41 Å². The fraction of sp³-hybridized carbons (Fsp3) is 0.389. The lowest BCUT2D eigenvalue weighted by Crippen LogP contribution is -2.19. The normalized spacial score (nSPS) is 18.9. The molecule has 1 heteroatoms. The molecule has 0 amide bonds. The minimum atomic E-state index is 0.150. The Morgan fingerprint density at radius 1 is 1.05 bits per heavy atom. The van der Waals surface area contributed by atoms with Gasteiger partial charge in [0.15, 0.2) is 0 Å². The van der Waals surface area contributed by atoms with Gasteiger partial charge in [0.05, 0.1) is 0 Å². The van der Waals surface area contributed by atoms with Crippen LogP contribution >= 0.6 is 10.5 Å². The molecule has 0 N–H and O–H groups in total. The van der Waals surface area contributed by atoms with E-state index in [1.165, 1.54) is 28.9 Å². The average Bonchev–Trinajstić information content (AvgIpc) is 2.47. The third-order valence-corrected chi connectivity index (χ3v) is 6.01. The first kappa shape index (κ1) is 14.3. The lowest BCUT2D eigenvalue weighted by molar-refractivity contribution is 0.438. The predicted molar refractivity (Wildman–Crippen MR) is 89.2 cm³/mol. The van der Waals surface area contributed by atoms with Gasteiger partial charge >= 0.3 is 0 Å². The van der Waals surface area contributed by atoms with Crippen molar-refractivity contribution < 1.29 is 0 Å². The monoisotopic (exact) mass is 272 g/mol. The summed E-state index contributed by atoms with van der Waals surface area (Å²) in [5.41, 5.74) is 3.13. The summed E-state index contributed by atoms with van der Waals surface area (Å²) in [4.78, 5) is 1.42. The molecule has 0 nitrogen and oxygen atoms in total. The van der Waals surface area contributed by atoms with Gasteiger partial charge < -0.3 is 0 Å². The highest BCUT2D eigenvalue weighted by atomic mass is 32.2. The molecule has 102 valence electrons. The van der Waals surface area contributed by atoms with Crippen LogP contribution in [0.5, 0.6) is 0 Å². The number of rotatable bonds is 4. The Hall–Kier alpha value is -1.08. The van der Waals surface area contributed by atoms with Gasteiger partial charge in [-0.3, -0.25) is 0 Å². The van der Waals surface area contributed by atoms with E-state index in [2.05, 4.69) is 74.9 Å². The molecular formula is C18H24S. The van der Waals surface area contributed by atoms with E-state index in [0.717, 1.165) is 0 Å². The van der Waals surface area contributed by atoms with Crippen LogP contribution in [-0.2, 0) is 5.41 Å². The van der Waals surface area contributed by atoms with E-state index < -0.39 is 0 Å². The van der Waals surface area contributed by atoms with E-state index in [1.54, 1.807) is 0 Å². The van der Waals surface area contributed by atoms with Gasteiger partial charge in [-0.1, -0.05) is 50.6 Å². The highest BCUT2D eigenvalue weighted by molar-refractivity contribution is 8.17. The second-order valence-corrected chi connectivity index (χ2v) is 7.27. The van der Waals surface area contributed by atoms with Crippen LogP contribution in [0.3, 0.4) is 0 Å². The Morgan fingerprint density at radius 3 is 2.16 bits per heavy atom. The molecule has 2 rings (SSSR count). The summed E-state index contributed by atoms with van der Waals surface area (Å²) >= 11 is 0. The van der Waals surface area contributed by atoms with Crippen molar-refractivity contribution in [1.29, 1.82) is 0 Å². The zero-order chi connectivity index (χ0) is 13.9. The van der Waals surface area contributed by atoms with Gasteiger partial charge in [-0.05, 0) is 53.7 Å². The van der Waals surface area contributed by atoms with Crippen molar-refractivity contribution >= 4 is 15.9 Å². The molecule has 1 heterocycles. The maximum atomic E-state index is 2.36. The number of allylic oxidation sites excluding steroid dienone is 3. The molecule has 1 aliphatic rings. The van der Waals surface area contributed by atoms with Crippen molar-refractivity contribution in [2.24, 2.45) is 0 Å². The minimum absolute atomic E-state index is 0.150. The summed E-state index contributed by atoms with van der Waals surface area (Å²) in [5, 5.41) is 4.62. The molecular weight excluding hydrogens is 248 g/mol. The molecule has 0 saturated heterocycles. The van der Waals surface area contributed by atoms with Crippen molar-refractivity contribution in [3.05, 3.63) is 53.0 Å². The lowest BCUT2D eigenvalue weighted by atomic mass is 9.78. The highest BCUT2D eigenvalue weighted by Gasteiger charge is 2.21. The quantitative estimate of drug-likeness (QED) is 0.620. The molecule has 0 bridgehead atoms. The van der Waals surface area contributed by atoms with Gasteiger partial charge in [-0.25, -0.2) is 0 Å². The van der Waals surface area contributed by atoms with E-state index >= 15 is 0 Å². The Bertz CT molecular complexity index is 525. The van der Waals surface area contributed by atoms with Crippen LogP contribution in [0.1, 0.15) is 46.1 Å². The van der Waals surface area contributed by atoms with Gasteiger partial charge in [0.1, 0.15) is 0 Å². The fourth-order valence-electron chi connectivity index (χ4n) is 2.29. The standard InChI is InChI=1S/C18H24S/c1-5-18(4,6-2)16-7-9-17(10-8-16)19-13-11-15(3)12-14-19/h7-14H,5-6H2,1-4H3. The summed E-state index contributed by atoms with van der Waals surface area (Å²) < 4.78 is 0. The minimum Gasteiger partial charge on any atom is -0.131 e. The molecule has 0 spiro atoms. The Morgan fingerprint density at radius 2 is 1.68 bits per heavy atom. The number of hydrogen-bond donors (Lipinski definition) is 0. The Labute approximate surface area is 120 Å². The molecule has 19 heavy (non-hydrogen) atoms. The summed E-state index contributed by atoms with van der Waals surface area (Å²) in [6, 6.07) is 9.25. The average molecular weight is 272 g/mol. The van der Waals surface area contributed by atoms with Gasteiger partial charge in [0.25, 0.3) is 0 Å². The zero-order valence-electron chi connectivity index (χ0n) is 12.4. The maximum absolute atomic E-state index is 2.36. The Balaban J connectivity index is 2.27. The number of benzene rings is 1. The molecule has 1 aromatic rings. The fourth-order valence-corrected chi connectivity index (χ4v) is 3.87. The van der Waals surface area contributed by atoms with Crippen LogP contribution < -0.4 is 0 Å². The molecule has 0 radical (unpaired) electrons. The van der Waals surface area contributed by atoms with Crippen LogP contribution in [0.25, 0.3) is 0 Å². The topological polar surface area (TPSA) is 0 Å². The second kappa shape index (κ2) is 5.92. The molecule has 1 aliphatic heterocycles. The van der Waals surface area contributed by atoms with E-state index in [-0.39, 0.29) is 10.5 Å². The lowest BCUT2D eigenvalue weighted by Gasteiger charge is -2.27. The first-order chi connectivity index (χ1) is 9.09. The predicted octanol–water partition coefficient (Wildman–Crippen LogP) is 5.67. The Kier molecular flexibility index (Phi) is 4.46. The molecule has 0 fully saturated rings. The third-order valence-electron chi connectivity index (χ3n) is 4.34. The van der Waals surface area contributed by atoms with Gasteiger partial charge in [-0.15, -0.1) is 10.5 Å². The molecule has 0 aliphatic carbocycles. The van der Waals surface area contributed by atoms with Crippen LogP contribution in [0.4, 0.5) is 0 Å². The van der Waals surface area contributed by atoms with Crippen LogP contribution in [-0.4, -0.2) is 5.37 Å². The van der Waals surface area contributed by atoms with E-state index in [4.69, 9.17) is 0 Å². The summed E-state index contributed by atoms with van der Waals surface area (Å²) in [5.74, 6) is 0. The molecule has 1 unspecified atom stereocenters. The summed E-state index contributed by atoms with van der Waals surface area (Å²) in [7, 11) is 0.150. The first-order valence-corrected chi connectivity index (χ1v) is 8.46. The third kappa shape index (κ3) is 3.09. The summed E-state index contributed by atoms with van der Waals surface area (Å²) in [6.07, 6.45) is 6.84. The smallest absolute Gasteiger partial charge is 0.00564 e. The van der Waals surface area contributed by atoms with Crippen LogP contribution in [0.2, 0.25) is 0 Å². The van der Waals surface area contributed by atoms with E-state index in [9.17, 15) is 0 Å². The molecule has 0 aromatic heterocycles. The second-order valence-electron chi connectivity index (χ2n) is 5.51. The maximum Gasteiger partial charge on any atom is 0.00564 e. The zero-order valence-corrected chi connectivity index (χ0v) is 13.3. The van der Waals surface area contributed by atoms with Crippen molar-refractivity contribution in [3.8, 4) is 0 Å². The van der Waals surface area contributed by atoms with Crippen molar-refractivity contribution in [2.45, 2.75) is 50.8 Å². The van der Waals surface area contributed by atoms with Crippen molar-refractivity contribution in [1.82, 2.24) is 0 Å². The van der Waals surface area contributed by atoms with E-state index in [1.807, 2.05) is 0 Å². The van der Waals surface area contributed by atoms with Crippen molar-refractivity contribution in [3.63, 3.8) is 0 Å². The highest BCUT2D eigenvalue weighted by Crippen LogP contribution is 2.35. The molecule has 1 aromatic carbocycles.